The molecule has 0 radical (unpaired) electrons. The molecule has 3 aromatic rings. The summed E-state index contributed by atoms with van der Waals surface area (Å²) in [5, 5.41) is 2.77. The van der Waals surface area contributed by atoms with Crippen molar-refractivity contribution >= 4 is 73.9 Å². The molecule has 0 unspecified atom stereocenters. The second kappa shape index (κ2) is 11.3. The zero-order valence-electron chi connectivity index (χ0n) is 18.8. The number of Topliss-reactive ketones (excluding diaryl/α,β-unsaturated/α-hetero) is 1. The minimum Gasteiger partial charge on any atom is -0.449 e. The monoisotopic (exact) mass is 568 g/mol. The maximum Gasteiger partial charge on any atom is 0.338 e. The molecule has 12 heteroatoms. The number of carbonyl (C=O) groups is 3. The third-order valence-electron chi connectivity index (χ3n) is 4.84. The van der Waals surface area contributed by atoms with Crippen LogP contribution in [0.3, 0.4) is 0 Å². The fourth-order valence-corrected chi connectivity index (χ4v) is 4.92. The van der Waals surface area contributed by atoms with Crippen molar-refractivity contribution in [3.63, 3.8) is 0 Å². The predicted molar refractivity (Wildman–Crippen MR) is 139 cm³/mol. The summed E-state index contributed by atoms with van der Waals surface area (Å²) in [6.45, 7) is 2.78. The minimum atomic E-state index is -4.27. The van der Waals surface area contributed by atoms with Crippen molar-refractivity contribution in [3.8, 4) is 0 Å². The molecule has 0 aromatic heterocycles. The van der Waals surface area contributed by atoms with Gasteiger partial charge < -0.3 is 10.1 Å². The molecule has 0 aliphatic heterocycles. The first-order valence-corrected chi connectivity index (χ1v) is 12.9. The number of anilines is 2. The van der Waals surface area contributed by atoms with Crippen molar-refractivity contribution in [2.45, 2.75) is 24.8 Å². The van der Waals surface area contributed by atoms with Gasteiger partial charge >= 0.3 is 5.97 Å². The van der Waals surface area contributed by atoms with Crippen LogP contribution in [0.25, 0.3) is 0 Å². The van der Waals surface area contributed by atoms with E-state index in [1.54, 1.807) is 24.3 Å². The summed E-state index contributed by atoms with van der Waals surface area (Å²) < 4.78 is 33.3. The number of rotatable bonds is 8. The lowest BCUT2D eigenvalue weighted by molar-refractivity contribution is -0.123. The van der Waals surface area contributed by atoms with Gasteiger partial charge in [0.1, 0.15) is 4.90 Å². The molecular weight excluding hydrogens is 551 g/mol. The van der Waals surface area contributed by atoms with Crippen LogP contribution in [0.1, 0.15) is 34.6 Å². The topological polar surface area (TPSA) is 119 Å². The Morgan fingerprint density at radius 3 is 2.11 bits per heavy atom. The van der Waals surface area contributed by atoms with Crippen LogP contribution in [-0.4, -0.2) is 32.2 Å². The number of carbonyl (C=O) groups excluding carboxylic acids is 3. The van der Waals surface area contributed by atoms with Gasteiger partial charge in [0.05, 0.1) is 21.3 Å². The van der Waals surface area contributed by atoms with Gasteiger partial charge in [0.25, 0.3) is 15.9 Å². The van der Waals surface area contributed by atoms with E-state index in [9.17, 15) is 22.8 Å². The standard InChI is InChI=1S/C24H19Cl3N2O6S/c1-13(30)15-3-7-18(8-4-15)28-23(31)14(2)35-24(32)16-5-9-20(27)22(11-16)36(33,34)29-21-12-17(25)6-10-19(21)26/h3-12,14,29H,1-2H3,(H,28,31)/t14-/m0/s1. The number of sulfonamides is 1. The van der Waals surface area contributed by atoms with E-state index >= 15 is 0 Å². The lowest BCUT2D eigenvalue weighted by Crippen LogP contribution is -2.30. The number of hydrogen-bond acceptors (Lipinski definition) is 6. The fourth-order valence-electron chi connectivity index (χ4n) is 2.93. The zero-order valence-corrected chi connectivity index (χ0v) is 21.9. The van der Waals surface area contributed by atoms with Crippen molar-refractivity contribution in [1.82, 2.24) is 0 Å². The maximum absolute atomic E-state index is 12.9. The number of amides is 1. The van der Waals surface area contributed by atoms with E-state index in [0.29, 0.717) is 11.3 Å². The molecule has 0 heterocycles. The highest BCUT2D eigenvalue weighted by atomic mass is 35.5. The van der Waals surface area contributed by atoms with Crippen LogP contribution in [-0.2, 0) is 19.6 Å². The van der Waals surface area contributed by atoms with Gasteiger partial charge in [0.15, 0.2) is 11.9 Å². The van der Waals surface area contributed by atoms with Gasteiger partial charge in [-0.1, -0.05) is 34.8 Å². The van der Waals surface area contributed by atoms with Crippen molar-refractivity contribution in [1.29, 1.82) is 0 Å². The van der Waals surface area contributed by atoms with Crippen LogP contribution in [0.4, 0.5) is 11.4 Å². The second-order valence-corrected chi connectivity index (χ2v) is 10.4. The summed E-state index contributed by atoms with van der Waals surface area (Å²) in [7, 11) is -4.27. The zero-order chi connectivity index (χ0) is 26.6. The van der Waals surface area contributed by atoms with Gasteiger partial charge in [-0.05, 0) is 74.5 Å². The highest BCUT2D eigenvalue weighted by Gasteiger charge is 2.24. The van der Waals surface area contributed by atoms with Crippen LogP contribution in [0.5, 0.6) is 0 Å². The molecule has 0 aliphatic carbocycles. The van der Waals surface area contributed by atoms with Gasteiger partial charge in [-0.25, -0.2) is 13.2 Å². The molecule has 2 N–H and O–H groups in total. The molecular formula is C24H19Cl3N2O6S. The average Bonchev–Trinajstić information content (AvgIpc) is 2.81. The molecule has 8 nitrogen and oxygen atoms in total. The van der Waals surface area contributed by atoms with Gasteiger partial charge in [-0.2, -0.15) is 0 Å². The fraction of sp³-hybridized carbons (Fsp3) is 0.125. The molecule has 36 heavy (non-hydrogen) atoms. The number of halogens is 3. The first-order valence-electron chi connectivity index (χ1n) is 10.3. The average molecular weight is 570 g/mol. The number of ketones is 1. The number of hydrogen-bond donors (Lipinski definition) is 2. The lowest BCUT2D eigenvalue weighted by Gasteiger charge is -2.15. The maximum atomic E-state index is 12.9. The van der Waals surface area contributed by atoms with Gasteiger partial charge in [0.2, 0.25) is 0 Å². The van der Waals surface area contributed by atoms with E-state index in [4.69, 9.17) is 39.5 Å². The second-order valence-electron chi connectivity index (χ2n) is 7.55. The van der Waals surface area contributed by atoms with Crippen molar-refractivity contribution in [2.75, 3.05) is 10.0 Å². The first kappa shape index (κ1) is 27.5. The van der Waals surface area contributed by atoms with Crippen LogP contribution in [0, 0.1) is 0 Å². The van der Waals surface area contributed by atoms with Gasteiger partial charge in [-0.15, -0.1) is 0 Å². The predicted octanol–water partition coefficient (Wildman–Crippen LogP) is 5.83. The Hall–Kier alpha value is -3.11. The van der Waals surface area contributed by atoms with Gasteiger partial charge in [0, 0.05) is 16.3 Å². The number of ether oxygens (including phenoxy) is 1. The smallest absolute Gasteiger partial charge is 0.338 e. The summed E-state index contributed by atoms with van der Waals surface area (Å²) in [4.78, 5) is 36.0. The molecule has 3 rings (SSSR count). The summed E-state index contributed by atoms with van der Waals surface area (Å²) in [6, 6.07) is 13.9. The number of esters is 1. The summed E-state index contributed by atoms with van der Waals surface area (Å²) in [6.07, 6.45) is -1.22. The van der Waals surface area contributed by atoms with Crippen molar-refractivity contribution in [2.24, 2.45) is 0 Å². The molecule has 1 amide bonds. The van der Waals surface area contributed by atoms with E-state index < -0.39 is 32.9 Å². The van der Waals surface area contributed by atoms with E-state index in [1.807, 2.05) is 0 Å². The van der Waals surface area contributed by atoms with Crippen molar-refractivity contribution in [3.05, 3.63) is 86.9 Å². The minimum absolute atomic E-state index is 0.0230. The van der Waals surface area contributed by atoms with Gasteiger partial charge in [-0.3, -0.25) is 14.3 Å². The highest BCUT2D eigenvalue weighted by molar-refractivity contribution is 7.92. The Labute approximate surface area is 222 Å². The Kier molecular flexibility index (Phi) is 8.63. The van der Waals surface area contributed by atoms with Crippen molar-refractivity contribution < 1.29 is 27.5 Å². The van der Waals surface area contributed by atoms with Crippen LogP contribution in [0.15, 0.2) is 65.6 Å². The van der Waals surface area contributed by atoms with E-state index in [1.165, 1.54) is 44.2 Å². The summed E-state index contributed by atoms with van der Waals surface area (Å²) >= 11 is 18.0. The summed E-state index contributed by atoms with van der Waals surface area (Å²) in [5.41, 5.74) is 0.754. The molecule has 0 aliphatic rings. The largest absolute Gasteiger partial charge is 0.449 e. The first-order chi connectivity index (χ1) is 16.9. The molecule has 188 valence electrons. The Morgan fingerprint density at radius 2 is 1.47 bits per heavy atom. The van der Waals surface area contributed by atoms with E-state index in [-0.39, 0.29) is 32.1 Å². The third kappa shape index (κ3) is 6.76. The normalized spacial score (nSPS) is 11.9. The molecule has 3 aromatic carbocycles. The van der Waals surface area contributed by atoms with Crippen LogP contribution < -0.4 is 10.0 Å². The molecule has 1 atom stereocenters. The molecule has 0 saturated carbocycles. The van der Waals surface area contributed by atoms with Crippen LogP contribution in [0.2, 0.25) is 15.1 Å². The lowest BCUT2D eigenvalue weighted by atomic mass is 10.1. The molecule has 0 fully saturated rings. The molecule has 0 saturated heterocycles. The number of nitrogens with one attached hydrogen (secondary N) is 2. The molecule has 0 spiro atoms. The SMILES string of the molecule is CC(=O)c1ccc(NC(=O)[C@H](C)OC(=O)c2ccc(Cl)c(S(=O)(=O)Nc3cc(Cl)ccc3Cl)c2)cc1. The van der Waals surface area contributed by atoms with Crippen LogP contribution >= 0.6 is 34.8 Å². The van der Waals surface area contributed by atoms with E-state index in [2.05, 4.69) is 10.0 Å². The number of benzene rings is 3. The Balaban J connectivity index is 1.74. The Morgan fingerprint density at radius 1 is 0.861 bits per heavy atom. The molecule has 0 bridgehead atoms. The highest BCUT2D eigenvalue weighted by Crippen LogP contribution is 2.30. The Bertz CT molecular complexity index is 1440. The summed E-state index contributed by atoms with van der Waals surface area (Å²) in [5.74, 6) is -1.69. The quantitative estimate of drug-likeness (QED) is 0.260. The van der Waals surface area contributed by atoms with E-state index in [0.717, 1.165) is 6.07 Å². The third-order valence-corrected chi connectivity index (χ3v) is 7.25.